The first-order chi connectivity index (χ1) is 11.9. The standard InChI is InChI=1S/C21H33N3/c1-3-7-19(8-4-1)20-9-11-21(12-10-20)22-15-17-24(18-16-22)23-13-5-2-6-14-23/h9-12,19H,1-8,13-18H2. The van der Waals surface area contributed by atoms with Gasteiger partial charge in [0.05, 0.1) is 0 Å². The highest BCUT2D eigenvalue weighted by atomic mass is 15.6. The van der Waals surface area contributed by atoms with Gasteiger partial charge in [-0.1, -0.05) is 37.8 Å². The minimum Gasteiger partial charge on any atom is -0.369 e. The van der Waals surface area contributed by atoms with Crippen molar-refractivity contribution in [1.82, 2.24) is 10.0 Å². The average Bonchev–Trinajstić information content (AvgIpc) is 2.70. The molecule has 1 saturated carbocycles. The number of anilines is 1. The molecule has 24 heavy (non-hydrogen) atoms. The van der Waals surface area contributed by atoms with Crippen LogP contribution in [0.1, 0.15) is 62.8 Å². The second-order valence-electron chi connectivity index (χ2n) is 7.88. The minimum atomic E-state index is 0.823. The van der Waals surface area contributed by atoms with Crippen molar-refractivity contribution in [3.05, 3.63) is 29.8 Å². The number of hydrogen-bond acceptors (Lipinski definition) is 3. The average molecular weight is 328 g/mol. The zero-order chi connectivity index (χ0) is 16.2. The van der Waals surface area contributed by atoms with Gasteiger partial charge in [0, 0.05) is 45.0 Å². The van der Waals surface area contributed by atoms with Gasteiger partial charge in [-0.15, -0.1) is 0 Å². The molecule has 3 aliphatic rings. The van der Waals surface area contributed by atoms with Gasteiger partial charge in [-0.2, -0.15) is 0 Å². The maximum absolute atomic E-state index is 2.60. The molecule has 1 aliphatic carbocycles. The lowest BCUT2D eigenvalue weighted by Gasteiger charge is -2.43. The molecule has 4 rings (SSSR count). The third kappa shape index (κ3) is 3.78. The summed E-state index contributed by atoms with van der Waals surface area (Å²) < 4.78 is 0. The molecule has 0 radical (unpaired) electrons. The van der Waals surface area contributed by atoms with E-state index in [0.29, 0.717) is 0 Å². The monoisotopic (exact) mass is 327 g/mol. The second kappa shape index (κ2) is 7.88. The topological polar surface area (TPSA) is 9.72 Å². The smallest absolute Gasteiger partial charge is 0.0367 e. The van der Waals surface area contributed by atoms with Crippen molar-refractivity contribution < 1.29 is 0 Å². The summed E-state index contributed by atoms with van der Waals surface area (Å²) in [5, 5.41) is 5.21. The van der Waals surface area contributed by atoms with Crippen LogP contribution in [-0.4, -0.2) is 49.3 Å². The van der Waals surface area contributed by atoms with E-state index in [-0.39, 0.29) is 0 Å². The van der Waals surface area contributed by atoms with Crippen LogP contribution in [0.3, 0.4) is 0 Å². The Labute approximate surface area is 147 Å². The molecule has 2 aliphatic heterocycles. The van der Waals surface area contributed by atoms with Crippen LogP contribution < -0.4 is 4.90 Å². The van der Waals surface area contributed by atoms with Crippen molar-refractivity contribution >= 4 is 5.69 Å². The largest absolute Gasteiger partial charge is 0.369 e. The number of nitrogens with zero attached hydrogens (tertiary/aromatic N) is 3. The summed E-state index contributed by atoms with van der Waals surface area (Å²) in [6.07, 6.45) is 11.3. The summed E-state index contributed by atoms with van der Waals surface area (Å²) in [6, 6.07) is 9.56. The van der Waals surface area contributed by atoms with E-state index in [0.717, 1.165) is 5.92 Å². The lowest BCUT2D eigenvalue weighted by atomic mass is 9.84. The van der Waals surface area contributed by atoms with Gasteiger partial charge >= 0.3 is 0 Å². The third-order valence-corrected chi connectivity index (χ3v) is 6.32. The number of piperidine rings is 1. The molecule has 3 nitrogen and oxygen atoms in total. The summed E-state index contributed by atoms with van der Waals surface area (Å²) in [7, 11) is 0. The summed E-state index contributed by atoms with van der Waals surface area (Å²) in [6.45, 7) is 7.25. The lowest BCUT2D eigenvalue weighted by Crippen LogP contribution is -2.55. The third-order valence-electron chi connectivity index (χ3n) is 6.32. The van der Waals surface area contributed by atoms with Crippen molar-refractivity contribution in [2.24, 2.45) is 0 Å². The van der Waals surface area contributed by atoms with E-state index in [1.165, 1.54) is 96.3 Å². The molecule has 0 N–H and O–H groups in total. The van der Waals surface area contributed by atoms with Crippen molar-refractivity contribution in [3.63, 3.8) is 0 Å². The van der Waals surface area contributed by atoms with Crippen molar-refractivity contribution in [2.75, 3.05) is 44.2 Å². The van der Waals surface area contributed by atoms with Gasteiger partial charge in [0.1, 0.15) is 0 Å². The van der Waals surface area contributed by atoms with Crippen LogP contribution in [0.5, 0.6) is 0 Å². The van der Waals surface area contributed by atoms with E-state index in [2.05, 4.69) is 39.2 Å². The zero-order valence-corrected chi connectivity index (χ0v) is 15.1. The zero-order valence-electron chi connectivity index (χ0n) is 15.1. The first-order valence-corrected chi connectivity index (χ1v) is 10.2. The van der Waals surface area contributed by atoms with Gasteiger partial charge in [0.25, 0.3) is 0 Å². The van der Waals surface area contributed by atoms with E-state index in [4.69, 9.17) is 0 Å². The predicted molar refractivity (Wildman–Crippen MR) is 101 cm³/mol. The molecular weight excluding hydrogens is 294 g/mol. The van der Waals surface area contributed by atoms with E-state index in [9.17, 15) is 0 Å². The number of hydrogen-bond donors (Lipinski definition) is 0. The minimum absolute atomic E-state index is 0.823. The first kappa shape index (κ1) is 16.4. The molecule has 132 valence electrons. The fourth-order valence-electron chi connectivity index (χ4n) is 4.79. The van der Waals surface area contributed by atoms with E-state index < -0.39 is 0 Å². The molecule has 1 aromatic carbocycles. The Bertz CT molecular complexity index is 492. The van der Waals surface area contributed by atoms with Crippen molar-refractivity contribution in [1.29, 1.82) is 0 Å². The number of piperazine rings is 1. The fourth-order valence-corrected chi connectivity index (χ4v) is 4.79. The molecule has 0 amide bonds. The van der Waals surface area contributed by atoms with Gasteiger partial charge in [0.2, 0.25) is 0 Å². The highest BCUT2D eigenvalue weighted by Crippen LogP contribution is 2.33. The normalized spacial score (nSPS) is 25.1. The molecule has 3 fully saturated rings. The van der Waals surface area contributed by atoms with Crippen LogP contribution in [0.2, 0.25) is 0 Å². The highest BCUT2D eigenvalue weighted by molar-refractivity contribution is 5.48. The van der Waals surface area contributed by atoms with Crippen LogP contribution >= 0.6 is 0 Å². The van der Waals surface area contributed by atoms with Crippen LogP contribution in [0.4, 0.5) is 5.69 Å². The van der Waals surface area contributed by atoms with Gasteiger partial charge in [0.15, 0.2) is 0 Å². The van der Waals surface area contributed by atoms with Crippen molar-refractivity contribution in [3.8, 4) is 0 Å². The predicted octanol–water partition coefficient (Wildman–Crippen LogP) is 4.26. The van der Waals surface area contributed by atoms with Crippen LogP contribution in [0.15, 0.2) is 24.3 Å². The number of benzene rings is 1. The fraction of sp³-hybridized carbons (Fsp3) is 0.714. The second-order valence-corrected chi connectivity index (χ2v) is 7.88. The van der Waals surface area contributed by atoms with Gasteiger partial charge in [-0.05, 0) is 49.3 Å². The quantitative estimate of drug-likeness (QED) is 0.821. The Kier molecular flexibility index (Phi) is 5.39. The molecule has 3 heteroatoms. The van der Waals surface area contributed by atoms with Gasteiger partial charge < -0.3 is 4.90 Å². The summed E-state index contributed by atoms with van der Waals surface area (Å²) in [5.74, 6) is 0.823. The molecule has 1 aromatic rings. The molecule has 0 unspecified atom stereocenters. The van der Waals surface area contributed by atoms with Crippen LogP contribution in [-0.2, 0) is 0 Å². The highest BCUT2D eigenvalue weighted by Gasteiger charge is 2.23. The van der Waals surface area contributed by atoms with E-state index in [1.54, 1.807) is 5.56 Å². The van der Waals surface area contributed by atoms with E-state index >= 15 is 0 Å². The van der Waals surface area contributed by atoms with Gasteiger partial charge in [-0.25, -0.2) is 10.0 Å². The molecule has 2 saturated heterocycles. The number of hydrazine groups is 1. The molecule has 0 spiro atoms. The molecule has 0 atom stereocenters. The Hall–Kier alpha value is -1.06. The molecule has 2 heterocycles. The molecule has 0 aromatic heterocycles. The Balaban J connectivity index is 1.32. The summed E-state index contributed by atoms with van der Waals surface area (Å²) in [4.78, 5) is 2.57. The Morgan fingerprint density at radius 1 is 0.583 bits per heavy atom. The summed E-state index contributed by atoms with van der Waals surface area (Å²) >= 11 is 0. The Morgan fingerprint density at radius 2 is 1.17 bits per heavy atom. The van der Waals surface area contributed by atoms with Crippen LogP contribution in [0.25, 0.3) is 0 Å². The van der Waals surface area contributed by atoms with Gasteiger partial charge in [-0.3, -0.25) is 0 Å². The first-order valence-electron chi connectivity index (χ1n) is 10.2. The molecular formula is C21H33N3. The number of rotatable bonds is 3. The summed E-state index contributed by atoms with van der Waals surface area (Å²) in [5.41, 5.74) is 3.00. The molecule has 0 bridgehead atoms. The SMILES string of the molecule is c1cc(N2CCN(N3CCCCC3)CC2)ccc1C1CCCCC1. The maximum Gasteiger partial charge on any atom is 0.0367 e. The maximum atomic E-state index is 2.60. The van der Waals surface area contributed by atoms with E-state index in [1.807, 2.05) is 0 Å². The Morgan fingerprint density at radius 3 is 1.83 bits per heavy atom. The van der Waals surface area contributed by atoms with Crippen molar-refractivity contribution in [2.45, 2.75) is 57.3 Å². The lowest BCUT2D eigenvalue weighted by molar-refractivity contribution is -0.0427. The van der Waals surface area contributed by atoms with Crippen LogP contribution in [0, 0.1) is 0 Å².